The molecule has 30 heavy (non-hydrogen) atoms. The van der Waals surface area contributed by atoms with E-state index < -0.39 is 6.10 Å². The first-order chi connectivity index (χ1) is 14.4. The molecule has 1 atom stereocenters. The lowest BCUT2D eigenvalue weighted by molar-refractivity contribution is -0.130. The maximum atomic E-state index is 12.4. The zero-order chi connectivity index (χ0) is 21.3. The molecule has 0 bridgehead atoms. The highest BCUT2D eigenvalue weighted by atomic mass is 35.5. The Morgan fingerprint density at radius 1 is 1.17 bits per heavy atom. The number of nitrogens with one attached hydrogen (secondary N) is 1. The van der Waals surface area contributed by atoms with Crippen LogP contribution in [0.3, 0.4) is 0 Å². The second-order valence-electron chi connectivity index (χ2n) is 6.86. The highest BCUT2D eigenvalue weighted by Crippen LogP contribution is 2.31. The van der Waals surface area contributed by atoms with Crippen molar-refractivity contribution in [3.63, 3.8) is 0 Å². The number of benzene rings is 2. The van der Waals surface area contributed by atoms with E-state index >= 15 is 0 Å². The Hall–Kier alpha value is -2.96. The third-order valence-electron chi connectivity index (χ3n) is 4.80. The van der Waals surface area contributed by atoms with Crippen LogP contribution in [0.5, 0.6) is 11.5 Å². The highest BCUT2D eigenvalue weighted by Gasteiger charge is 2.27. The van der Waals surface area contributed by atoms with Gasteiger partial charge in [-0.15, -0.1) is 0 Å². The number of ether oxygens (including phenoxy) is 2. The molecule has 6 nitrogen and oxygen atoms in total. The number of hydrogen-bond acceptors (Lipinski definition) is 4. The first-order valence-electron chi connectivity index (χ1n) is 9.30. The van der Waals surface area contributed by atoms with Gasteiger partial charge in [0.1, 0.15) is 6.61 Å². The summed E-state index contributed by atoms with van der Waals surface area (Å²) in [5.74, 6) is 0.782. The Bertz CT molecular complexity index is 1140. The van der Waals surface area contributed by atoms with Gasteiger partial charge in [0.05, 0.1) is 16.9 Å². The molecule has 1 aliphatic rings. The van der Waals surface area contributed by atoms with E-state index in [0.29, 0.717) is 21.5 Å². The van der Waals surface area contributed by atoms with Gasteiger partial charge < -0.3 is 14.0 Å². The first kappa shape index (κ1) is 20.3. The number of aromatic nitrogens is 1. The number of rotatable bonds is 4. The Balaban J connectivity index is 1.47. The summed E-state index contributed by atoms with van der Waals surface area (Å²) in [6.45, 7) is 4.05. The number of amides is 1. The van der Waals surface area contributed by atoms with Crippen LogP contribution in [0.15, 0.2) is 53.6 Å². The number of carbonyl (C=O) groups is 1. The third-order valence-corrected chi connectivity index (χ3v) is 5.34. The quantitative estimate of drug-likeness (QED) is 0.469. The molecule has 0 aliphatic carbocycles. The van der Waals surface area contributed by atoms with E-state index in [2.05, 4.69) is 10.5 Å². The van der Waals surface area contributed by atoms with Gasteiger partial charge in [0.25, 0.3) is 5.91 Å². The van der Waals surface area contributed by atoms with Gasteiger partial charge in [-0.05, 0) is 50.2 Å². The average Bonchev–Trinajstić information content (AvgIpc) is 3.01. The molecule has 154 valence electrons. The summed E-state index contributed by atoms with van der Waals surface area (Å²) in [7, 11) is 0. The SMILES string of the molecule is Cc1cc(/C=N\NC(=O)[C@@H]2COc3ccccc3O2)c(C)n1-c1ccc(Cl)cc1Cl. The van der Waals surface area contributed by atoms with Gasteiger partial charge >= 0.3 is 0 Å². The maximum Gasteiger partial charge on any atom is 0.284 e. The predicted octanol–water partition coefficient (Wildman–Crippen LogP) is 4.69. The molecule has 8 heteroatoms. The number of aryl methyl sites for hydroxylation is 1. The molecule has 0 fully saturated rings. The highest BCUT2D eigenvalue weighted by molar-refractivity contribution is 6.35. The van der Waals surface area contributed by atoms with Crippen LogP contribution in [0.2, 0.25) is 10.0 Å². The number of para-hydroxylation sites is 2. The Labute approximate surface area is 184 Å². The third kappa shape index (κ3) is 4.01. The number of fused-ring (bicyclic) bond motifs is 1. The maximum absolute atomic E-state index is 12.4. The van der Waals surface area contributed by atoms with Crippen molar-refractivity contribution in [2.24, 2.45) is 5.10 Å². The molecule has 0 spiro atoms. The van der Waals surface area contributed by atoms with Crippen molar-refractivity contribution in [1.29, 1.82) is 0 Å². The molecule has 0 saturated carbocycles. The molecule has 0 radical (unpaired) electrons. The minimum atomic E-state index is -0.766. The molecular weight excluding hydrogens is 425 g/mol. The Morgan fingerprint density at radius 3 is 2.70 bits per heavy atom. The fourth-order valence-corrected chi connectivity index (χ4v) is 3.83. The van der Waals surface area contributed by atoms with E-state index in [1.165, 1.54) is 0 Å². The van der Waals surface area contributed by atoms with E-state index in [0.717, 1.165) is 22.6 Å². The zero-order valence-electron chi connectivity index (χ0n) is 16.4. The van der Waals surface area contributed by atoms with Crippen LogP contribution < -0.4 is 14.9 Å². The van der Waals surface area contributed by atoms with Gasteiger partial charge in [-0.3, -0.25) is 4.79 Å². The second kappa shape index (κ2) is 8.42. The van der Waals surface area contributed by atoms with E-state index in [1.807, 2.05) is 42.7 Å². The summed E-state index contributed by atoms with van der Waals surface area (Å²) < 4.78 is 13.3. The number of hydrogen-bond donors (Lipinski definition) is 1. The van der Waals surface area contributed by atoms with Crippen molar-refractivity contribution in [1.82, 2.24) is 9.99 Å². The Morgan fingerprint density at radius 2 is 1.93 bits per heavy atom. The molecule has 1 aromatic heterocycles. The van der Waals surface area contributed by atoms with Crippen LogP contribution in [0.25, 0.3) is 5.69 Å². The molecule has 0 unspecified atom stereocenters. The lowest BCUT2D eigenvalue weighted by atomic mass is 10.2. The molecule has 1 amide bonds. The van der Waals surface area contributed by atoms with E-state index in [4.69, 9.17) is 32.7 Å². The average molecular weight is 444 g/mol. The Kier molecular flexibility index (Phi) is 5.70. The van der Waals surface area contributed by atoms with Crippen molar-refractivity contribution in [2.75, 3.05) is 6.61 Å². The smallest absolute Gasteiger partial charge is 0.284 e. The summed E-state index contributed by atoms with van der Waals surface area (Å²) in [6.07, 6.45) is 0.829. The van der Waals surface area contributed by atoms with Crippen LogP contribution in [0.1, 0.15) is 17.0 Å². The van der Waals surface area contributed by atoms with Gasteiger partial charge in [0, 0.05) is 22.0 Å². The topological polar surface area (TPSA) is 64.8 Å². The van der Waals surface area contributed by atoms with E-state index in [1.54, 1.807) is 30.5 Å². The minimum Gasteiger partial charge on any atom is -0.485 e. The monoisotopic (exact) mass is 443 g/mol. The van der Waals surface area contributed by atoms with Crippen LogP contribution in [0.4, 0.5) is 0 Å². The van der Waals surface area contributed by atoms with Crippen LogP contribution >= 0.6 is 23.2 Å². The predicted molar refractivity (Wildman–Crippen MR) is 117 cm³/mol. The number of nitrogens with zero attached hydrogens (tertiary/aromatic N) is 2. The fourth-order valence-electron chi connectivity index (χ4n) is 3.34. The molecule has 1 aliphatic heterocycles. The van der Waals surface area contributed by atoms with Crippen LogP contribution in [-0.2, 0) is 4.79 Å². The van der Waals surface area contributed by atoms with Crippen LogP contribution in [0, 0.1) is 13.8 Å². The summed E-state index contributed by atoms with van der Waals surface area (Å²) in [5.41, 5.74) is 6.10. The van der Waals surface area contributed by atoms with Crippen molar-refractivity contribution in [2.45, 2.75) is 20.0 Å². The normalized spacial score (nSPS) is 15.4. The van der Waals surface area contributed by atoms with Crippen molar-refractivity contribution < 1.29 is 14.3 Å². The molecule has 4 rings (SSSR count). The van der Waals surface area contributed by atoms with Gasteiger partial charge in [-0.1, -0.05) is 35.3 Å². The van der Waals surface area contributed by atoms with Gasteiger partial charge in [0.2, 0.25) is 6.10 Å². The lowest BCUT2D eigenvalue weighted by Gasteiger charge is -2.24. The van der Waals surface area contributed by atoms with E-state index in [-0.39, 0.29) is 12.5 Å². The standard InChI is InChI=1S/C22H19Cl2N3O3/c1-13-9-15(14(2)27(13)18-8-7-16(23)10-17(18)24)11-25-26-22(28)21-12-29-19-5-3-4-6-20(19)30-21/h3-11,21H,12H2,1-2H3,(H,26,28)/b25-11-/t21-/m0/s1. The molecule has 3 aromatic rings. The zero-order valence-corrected chi connectivity index (χ0v) is 17.9. The van der Waals surface area contributed by atoms with Gasteiger partial charge in [-0.2, -0.15) is 5.10 Å². The minimum absolute atomic E-state index is 0.127. The lowest BCUT2D eigenvalue weighted by Crippen LogP contribution is -2.42. The molecule has 2 heterocycles. The first-order valence-corrected chi connectivity index (χ1v) is 10.1. The van der Waals surface area contributed by atoms with Crippen molar-refractivity contribution >= 4 is 35.3 Å². The molecule has 1 N–H and O–H groups in total. The van der Waals surface area contributed by atoms with E-state index in [9.17, 15) is 4.79 Å². The summed E-state index contributed by atoms with van der Waals surface area (Å²) in [6, 6.07) is 14.6. The van der Waals surface area contributed by atoms with Gasteiger partial charge in [0.15, 0.2) is 11.5 Å². The van der Waals surface area contributed by atoms with Crippen LogP contribution in [-0.4, -0.2) is 29.4 Å². The van der Waals surface area contributed by atoms with Crippen molar-refractivity contribution in [3.05, 3.63) is 75.5 Å². The molecular formula is C22H19Cl2N3O3. The number of hydrazone groups is 1. The molecule has 0 saturated heterocycles. The number of carbonyl (C=O) groups excluding carboxylic acids is 1. The summed E-state index contributed by atoms with van der Waals surface area (Å²) in [5, 5.41) is 5.22. The largest absolute Gasteiger partial charge is 0.485 e. The van der Waals surface area contributed by atoms with Gasteiger partial charge in [-0.25, -0.2) is 5.43 Å². The number of halogens is 2. The molecule has 2 aromatic carbocycles. The summed E-state index contributed by atoms with van der Waals surface area (Å²) in [4.78, 5) is 12.4. The summed E-state index contributed by atoms with van der Waals surface area (Å²) >= 11 is 12.4. The fraction of sp³-hybridized carbons (Fsp3) is 0.182. The second-order valence-corrected chi connectivity index (χ2v) is 7.70. The van der Waals surface area contributed by atoms with Crippen molar-refractivity contribution in [3.8, 4) is 17.2 Å².